The first-order valence-corrected chi connectivity index (χ1v) is 8.92. The Labute approximate surface area is 154 Å². The molecule has 0 atom stereocenters. The summed E-state index contributed by atoms with van der Waals surface area (Å²) in [6.45, 7) is 7.65. The Morgan fingerprint density at radius 1 is 1.19 bits per heavy atom. The van der Waals surface area contributed by atoms with Crippen molar-refractivity contribution in [3.8, 4) is 17.2 Å². The van der Waals surface area contributed by atoms with Crippen LogP contribution in [0.1, 0.15) is 36.5 Å². The van der Waals surface area contributed by atoms with Crippen molar-refractivity contribution in [1.82, 2.24) is 5.32 Å². The second-order valence-corrected chi connectivity index (χ2v) is 6.70. The van der Waals surface area contributed by atoms with Crippen LogP contribution in [0.5, 0.6) is 17.2 Å². The molecule has 1 aliphatic heterocycles. The molecule has 138 valence electrons. The van der Waals surface area contributed by atoms with Gasteiger partial charge in [-0.3, -0.25) is 4.79 Å². The molecule has 0 aromatic heterocycles. The lowest BCUT2D eigenvalue weighted by Crippen LogP contribution is -2.29. The summed E-state index contributed by atoms with van der Waals surface area (Å²) in [5.41, 5.74) is 3.11. The first-order valence-electron chi connectivity index (χ1n) is 8.92. The van der Waals surface area contributed by atoms with Crippen molar-refractivity contribution >= 4 is 5.91 Å². The average molecular weight is 355 g/mol. The van der Waals surface area contributed by atoms with E-state index in [4.69, 9.17) is 14.2 Å². The minimum Gasteiger partial charge on any atom is -0.486 e. The predicted molar refractivity (Wildman–Crippen MR) is 100 cm³/mol. The minimum absolute atomic E-state index is 0.0183. The zero-order chi connectivity index (χ0) is 18.5. The standard InChI is InChI=1S/C21H25NO4/c1-14(2)17-8-7-15(3)11-19(17)26-13-20(23)22-12-16-5-4-6-18-21(16)25-10-9-24-18/h4-8,11,14H,9-10,12-13H2,1-3H3,(H,22,23). The number of benzene rings is 2. The molecule has 1 N–H and O–H groups in total. The summed E-state index contributed by atoms with van der Waals surface area (Å²) in [5, 5.41) is 2.88. The van der Waals surface area contributed by atoms with Gasteiger partial charge in [-0.05, 0) is 36.1 Å². The summed E-state index contributed by atoms with van der Waals surface area (Å²) in [4.78, 5) is 12.2. The molecule has 0 spiro atoms. The third-order valence-electron chi connectivity index (χ3n) is 4.27. The van der Waals surface area contributed by atoms with Crippen LogP contribution in [-0.4, -0.2) is 25.7 Å². The molecule has 0 fully saturated rings. The molecule has 0 radical (unpaired) electrons. The van der Waals surface area contributed by atoms with Crippen LogP contribution in [0.2, 0.25) is 0 Å². The van der Waals surface area contributed by atoms with E-state index in [2.05, 4.69) is 31.3 Å². The maximum absolute atomic E-state index is 12.2. The fraction of sp³-hybridized carbons (Fsp3) is 0.381. The second-order valence-electron chi connectivity index (χ2n) is 6.70. The number of carbonyl (C=O) groups is 1. The van der Waals surface area contributed by atoms with Crippen molar-refractivity contribution in [3.63, 3.8) is 0 Å². The van der Waals surface area contributed by atoms with Crippen molar-refractivity contribution in [2.45, 2.75) is 33.2 Å². The largest absolute Gasteiger partial charge is 0.486 e. The van der Waals surface area contributed by atoms with Crippen LogP contribution in [0.3, 0.4) is 0 Å². The van der Waals surface area contributed by atoms with Crippen molar-refractivity contribution in [1.29, 1.82) is 0 Å². The number of ether oxygens (including phenoxy) is 3. The number of hydrogen-bond acceptors (Lipinski definition) is 4. The lowest BCUT2D eigenvalue weighted by Gasteiger charge is -2.21. The first-order chi connectivity index (χ1) is 12.5. The van der Waals surface area contributed by atoms with E-state index in [1.807, 2.05) is 31.2 Å². The van der Waals surface area contributed by atoms with E-state index in [1.54, 1.807) is 0 Å². The maximum Gasteiger partial charge on any atom is 0.258 e. The Morgan fingerprint density at radius 3 is 2.81 bits per heavy atom. The summed E-state index contributed by atoms with van der Waals surface area (Å²) in [6, 6.07) is 11.8. The monoisotopic (exact) mass is 355 g/mol. The summed E-state index contributed by atoms with van der Waals surface area (Å²) in [6.07, 6.45) is 0. The lowest BCUT2D eigenvalue weighted by molar-refractivity contribution is -0.123. The molecule has 26 heavy (non-hydrogen) atoms. The smallest absolute Gasteiger partial charge is 0.258 e. The van der Waals surface area contributed by atoms with Crippen molar-refractivity contribution < 1.29 is 19.0 Å². The number of aryl methyl sites for hydroxylation is 1. The van der Waals surface area contributed by atoms with Gasteiger partial charge in [-0.2, -0.15) is 0 Å². The molecule has 0 saturated carbocycles. The number of carbonyl (C=O) groups excluding carboxylic acids is 1. The lowest BCUT2D eigenvalue weighted by atomic mass is 10.0. The van der Waals surface area contributed by atoms with Crippen molar-refractivity contribution in [3.05, 3.63) is 53.1 Å². The number of amides is 1. The number of para-hydroxylation sites is 1. The number of hydrogen-bond donors (Lipinski definition) is 1. The van der Waals surface area contributed by atoms with Crippen LogP contribution in [0.15, 0.2) is 36.4 Å². The molecule has 5 nitrogen and oxygen atoms in total. The number of fused-ring (bicyclic) bond motifs is 1. The quantitative estimate of drug-likeness (QED) is 0.860. The van der Waals surface area contributed by atoms with Gasteiger partial charge in [0, 0.05) is 12.1 Å². The normalized spacial score (nSPS) is 12.8. The summed E-state index contributed by atoms with van der Waals surface area (Å²) >= 11 is 0. The fourth-order valence-corrected chi connectivity index (χ4v) is 2.91. The Hall–Kier alpha value is -2.69. The first kappa shape index (κ1) is 18.1. The molecular formula is C21H25NO4. The Bertz CT molecular complexity index is 786. The van der Waals surface area contributed by atoms with E-state index in [0.717, 1.165) is 28.2 Å². The van der Waals surface area contributed by atoms with Crippen LogP contribution in [0.25, 0.3) is 0 Å². The van der Waals surface area contributed by atoms with Crippen molar-refractivity contribution in [2.24, 2.45) is 0 Å². The summed E-state index contributed by atoms with van der Waals surface area (Å²) < 4.78 is 17.0. The van der Waals surface area contributed by atoms with E-state index < -0.39 is 0 Å². The minimum atomic E-state index is -0.171. The molecular weight excluding hydrogens is 330 g/mol. The molecule has 1 amide bonds. The van der Waals surface area contributed by atoms with Gasteiger partial charge in [0.05, 0.1) is 0 Å². The topological polar surface area (TPSA) is 56.8 Å². The van der Waals surface area contributed by atoms with Crippen LogP contribution in [-0.2, 0) is 11.3 Å². The highest BCUT2D eigenvalue weighted by Crippen LogP contribution is 2.33. The Kier molecular flexibility index (Phi) is 5.66. The highest BCUT2D eigenvalue weighted by atomic mass is 16.6. The van der Waals surface area contributed by atoms with E-state index in [1.165, 1.54) is 0 Å². The molecule has 1 aliphatic rings. The van der Waals surface area contributed by atoms with Crippen LogP contribution < -0.4 is 19.5 Å². The van der Waals surface area contributed by atoms with Gasteiger partial charge in [0.2, 0.25) is 0 Å². The van der Waals surface area contributed by atoms with Gasteiger partial charge in [-0.1, -0.05) is 38.1 Å². The zero-order valence-corrected chi connectivity index (χ0v) is 15.5. The van der Waals surface area contributed by atoms with Crippen LogP contribution in [0, 0.1) is 6.92 Å². The van der Waals surface area contributed by atoms with Gasteiger partial charge in [0.15, 0.2) is 18.1 Å². The van der Waals surface area contributed by atoms with Gasteiger partial charge in [0.1, 0.15) is 19.0 Å². The summed E-state index contributed by atoms with van der Waals surface area (Å²) in [7, 11) is 0. The molecule has 0 unspecified atom stereocenters. The van der Waals surface area contributed by atoms with E-state index in [-0.39, 0.29) is 12.5 Å². The Balaban J connectivity index is 1.58. The molecule has 0 saturated heterocycles. The van der Waals surface area contributed by atoms with Crippen LogP contribution in [0.4, 0.5) is 0 Å². The van der Waals surface area contributed by atoms with Gasteiger partial charge in [-0.15, -0.1) is 0 Å². The van der Waals surface area contributed by atoms with Gasteiger partial charge < -0.3 is 19.5 Å². The highest BCUT2D eigenvalue weighted by molar-refractivity contribution is 5.77. The molecule has 3 rings (SSSR count). The predicted octanol–water partition coefficient (Wildman–Crippen LogP) is 3.58. The van der Waals surface area contributed by atoms with Crippen molar-refractivity contribution in [2.75, 3.05) is 19.8 Å². The van der Waals surface area contributed by atoms with Gasteiger partial charge in [0.25, 0.3) is 5.91 Å². The maximum atomic E-state index is 12.2. The Morgan fingerprint density at radius 2 is 2.00 bits per heavy atom. The SMILES string of the molecule is Cc1ccc(C(C)C)c(OCC(=O)NCc2cccc3c2OCCO3)c1. The molecule has 2 aromatic carbocycles. The summed E-state index contributed by atoms with van der Waals surface area (Å²) in [5.74, 6) is 2.36. The van der Waals surface area contributed by atoms with E-state index >= 15 is 0 Å². The van der Waals surface area contributed by atoms with E-state index in [9.17, 15) is 4.79 Å². The molecule has 2 aromatic rings. The zero-order valence-electron chi connectivity index (χ0n) is 15.5. The third kappa shape index (κ3) is 4.28. The molecule has 0 bridgehead atoms. The molecule has 5 heteroatoms. The molecule has 0 aliphatic carbocycles. The fourth-order valence-electron chi connectivity index (χ4n) is 2.91. The van der Waals surface area contributed by atoms with E-state index in [0.29, 0.717) is 31.4 Å². The van der Waals surface area contributed by atoms with Crippen LogP contribution >= 0.6 is 0 Å². The number of rotatable bonds is 6. The second kappa shape index (κ2) is 8.13. The third-order valence-corrected chi connectivity index (χ3v) is 4.27. The molecule has 1 heterocycles. The average Bonchev–Trinajstić information content (AvgIpc) is 2.64. The number of nitrogens with one attached hydrogen (secondary N) is 1. The van der Waals surface area contributed by atoms with Gasteiger partial charge >= 0.3 is 0 Å². The highest BCUT2D eigenvalue weighted by Gasteiger charge is 2.16. The van der Waals surface area contributed by atoms with Gasteiger partial charge in [-0.25, -0.2) is 0 Å².